The second-order valence-corrected chi connectivity index (χ2v) is 7.43. The van der Waals surface area contributed by atoms with E-state index in [0.29, 0.717) is 5.54 Å². The molecule has 19 heavy (non-hydrogen) atoms. The van der Waals surface area contributed by atoms with Crippen molar-refractivity contribution >= 4 is 0 Å². The Morgan fingerprint density at radius 3 is 2.47 bits per heavy atom. The van der Waals surface area contributed by atoms with Crippen LogP contribution in [-0.2, 0) is 0 Å². The Morgan fingerprint density at radius 2 is 1.84 bits per heavy atom. The first-order chi connectivity index (χ1) is 9.05. The lowest BCUT2D eigenvalue weighted by Crippen LogP contribution is -2.53. The summed E-state index contributed by atoms with van der Waals surface area (Å²) >= 11 is 0. The zero-order chi connectivity index (χ0) is 13.9. The highest BCUT2D eigenvalue weighted by atomic mass is 15.2. The number of nitrogens with zero attached hydrogens (tertiary/aromatic N) is 2. The lowest BCUT2D eigenvalue weighted by Gasteiger charge is -2.48. The molecule has 2 rings (SSSR count). The normalized spacial score (nSPS) is 33.5. The van der Waals surface area contributed by atoms with Crippen LogP contribution in [0.1, 0.15) is 59.8 Å². The molecule has 2 atom stereocenters. The Balaban J connectivity index is 1.88. The topological polar surface area (TPSA) is 6.48 Å². The van der Waals surface area contributed by atoms with E-state index in [-0.39, 0.29) is 0 Å². The van der Waals surface area contributed by atoms with Crippen molar-refractivity contribution in [2.75, 3.05) is 32.7 Å². The van der Waals surface area contributed by atoms with Gasteiger partial charge in [-0.15, -0.1) is 0 Å². The fourth-order valence-electron chi connectivity index (χ4n) is 4.16. The molecule has 0 aromatic carbocycles. The summed E-state index contributed by atoms with van der Waals surface area (Å²) < 4.78 is 0. The molecule has 0 unspecified atom stereocenters. The molecule has 2 aliphatic heterocycles. The lowest BCUT2D eigenvalue weighted by molar-refractivity contribution is 0.0194. The first-order valence-corrected chi connectivity index (χ1v) is 8.52. The highest BCUT2D eigenvalue weighted by Crippen LogP contribution is 2.34. The molecule has 2 heteroatoms. The van der Waals surface area contributed by atoms with Gasteiger partial charge in [-0.3, -0.25) is 4.90 Å². The first-order valence-electron chi connectivity index (χ1n) is 8.52. The summed E-state index contributed by atoms with van der Waals surface area (Å²) in [4.78, 5) is 5.43. The van der Waals surface area contributed by atoms with Crippen LogP contribution in [0.5, 0.6) is 0 Å². The fourth-order valence-corrected chi connectivity index (χ4v) is 4.16. The maximum absolute atomic E-state index is 2.79. The Morgan fingerprint density at radius 1 is 1.05 bits per heavy atom. The summed E-state index contributed by atoms with van der Waals surface area (Å²) in [6.45, 7) is 16.2. The highest BCUT2D eigenvalue weighted by Gasteiger charge is 2.35. The molecule has 0 aliphatic carbocycles. The molecule has 0 aromatic heterocycles. The number of rotatable bonds is 4. The second-order valence-electron chi connectivity index (χ2n) is 7.43. The average Bonchev–Trinajstić information content (AvgIpc) is 2.41. The van der Waals surface area contributed by atoms with Crippen LogP contribution in [0.4, 0.5) is 0 Å². The smallest absolute Gasteiger partial charge is 0.0156 e. The molecule has 0 bridgehead atoms. The molecule has 2 nitrogen and oxygen atoms in total. The van der Waals surface area contributed by atoms with E-state index >= 15 is 0 Å². The SMILES string of the molecule is CC[C@H]1CCN(C[C@H]2CCCN(CC)C2)C(C)(C)C1. The van der Waals surface area contributed by atoms with Crippen molar-refractivity contribution in [2.45, 2.75) is 65.3 Å². The predicted octanol–water partition coefficient (Wildman–Crippen LogP) is 3.62. The van der Waals surface area contributed by atoms with Crippen LogP contribution >= 0.6 is 0 Å². The van der Waals surface area contributed by atoms with E-state index in [0.717, 1.165) is 11.8 Å². The summed E-state index contributed by atoms with van der Waals surface area (Å²) in [5.74, 6) is 1.87. The minimum absolute atomic E-state index is 0.424. The lowest BCUT2D eigenvalue weighted by atomic mass is 9.80. The maximum Gasteiger partial charge on any atom is 0.0156 e. The van der Waals surface area contributed by atoms with Gasteiger partial charge in [0.15, 0.2) is 0 Å². The number of likely N-dealkylation sites (tertiary alicyclic amines) is 2. The Labute approximate surface area is 120 Å². The number of hydrogen-bond donors (Lipinski definition) is 0. The summed E-state index contributed by atoms with van der Waals surface area (Å²) in [5.41, 5.74) is 0.424. The van der Waals surface area contributed by atoms with Gasteiger partial charge in [0.1, 0.15) is 0 Å². The van der Waals surface area contributed by atoms with Gasteiger partial charge in [0.25, 0.3) is 0 Å². The minimum Gasteiger partial charge on any atom is -0.303 e. The largest absolute Gasteiger partial charge is 0.303 e. The Kier molecular flexibility index (Phi) is 5.30. The van der Waals surface area contributed by atoms with Crippen LogP contribution in [0, 0.1) is 11.8 Å². The van der Waals surface area contributed by atoms with Crippen molar-refractivity contribution in [2.24, 2.45) is 11.8 Å². The number of piperidine rings is 2. The van der Waals surface area contributed by atoms with E-state index in [4.69, 9.17) is 0 Å². The molecule has 0 radical (unpaired) electrons. The van der Waals surface area contributed by atoms with Crippen LogP contribution in [-0.4, -0.2) is 48.1 Å². The summed E-state index contributed by atoms with van der Waals surface area (Å²) in [5, 5.41) is 0. The van der Waals surface area contributed by atoms with Crippen LogP contribution in [0.15, 0.2) is 0 Å². The molecule has 0 N–H and O–H groups in total. The third kappa shape index (κ3) is 3.95. The van der Waals surface area contributed by atoms with Gasteiger partial charge in [-0.25, -0.2) is 0 Å². The van der Waals surface area contributed by atoms with E-state index in [1.807, 2.05) is 0 Å². The Bertz CT molecular complexity index is 274. The standard InChI is InChI=1S/C17H34N2/c1-5-15-9-11-19(17(3,4)12-15)14-16-8-7-10-18(6-2)13-16/h15-16H,5-14H2,1-4H3/t15-,16-/m0/s1. The van der Waals surface area contributed by atoms with Gasteiger partial charge in [-0.2, -0.15) is 0 Å². The van der Waals surface area contributed by atoms with Crippen LogP contribution in [0.25, 0.3) is 0 Å². The van der Waals surface area contributed by atoms with Crippen LogP contribution < -0.4 is 0 Å². The molecule has 0 amide bonds. The molecular weight excluding hydrogens is 232 g/mol. The second kappa shape index (κ2) is 6.58. The molecular formula is C17H34N2. The van der Waals surface area contributed by atoms with E-state index in [1.54, 1.807) is 0 Å². The monoisotopic (exact) mass is 266 g/mol. The zero-order valence-corrected chi connectivity index (χ0v) is 13.6. The summed E-state index contributed by atoms with van der Waals surface area (Å²) in [7, 11) is 0. The van der Waals surface area contributed by atoms with Crippen LogP contribution in [0.2, 0.25) is 0 Å². The molecule has 112 valence electrons. The molecule has 2 fully saturated rings. The van der Waals surface area contributed by atoms with E-state index < -0.39 is 0 Å². The third-order valence-corrected chi connectivity index (χ3v) is 5.56. The Hall–Kier alpha value is -0.0800. The van der Waals surface area contributed by atoms with Crippen molar-refractivity contribution in [1.29, 1.82) is 0 Å². The van der Waals surface area contributed by atoms with Crippen molar-refractivity contribution < 1.29 is 0 Å². The predicted molar refractivity (Wildman–Crippen MR) is 83.5 cm³/mol. The molecule has 0 saturated carbocycles. The first kappa shape index (κ1) is 15.3. The van der Waals surface area contributed by atoms with E-state index in [2.05, 4.69) is 37.5 Å². The molecule has 2 saturated heterocycles. The minimum atomic E-state index is 0.424. The van der Waals surface area contributed by atoms with Crippen molar-refractivity contribution in [3.8, 4) is 0 Å². The van der Waals surface area contributed by atoms with Gasteiger partial charge in [0, 0.05) is 18.6 Å². The van der Waals surface area contributed by atoms with Crippen molar-refractivity contribution in [1.82, 2.24) is 9.80 Å². The quantitative estimate of drug-likeness (QED) is 0.767. The van der Waals surface area contributed by atoms with E-state index in [9.17, 15) is 0 Å². The third-order valence-electron chi connectivity index (χ3n) is 5.56. The van der Waals surface area contributed by atoms with Crippen LogP contribution in [0.3, 0.4) is 0 Å². The van der Waals surface area contributed by atoms with Gasteiger partial charge in [0.05, 0.1) is 0 Å². The van der Waals surface area contributed by atoms with Gasteiger partial charge >= 0.3 is 0 Å². The van der Waals surface area contributed by atoms with E-state index in [1.165, 1.54) is 64.8 Å². The maximum atomic E-state index is 2.79. The highest BCUT2D eigenvalue weighted by molar-refractivity contribution is 4.90. The molecule has 0 spiro atoms. The van der Waals surface area contributed by atoms with Gasteiger partial charge in [-0.1, -0.05) is 20.3 Å². The van der Waals surface area contributed by atoms with Gasteiger partial charge in [0.2, 0.25) is 0 Å². The average molecular weight is 266 g/mol. The fraction of sp³-hybridized carbons (Fsp3) is 1.00. The van der Waals surface area contributed by atoms with Gasteiger partial charge in [-0.05, 0) is 71.0 Å². The summed E-state index contributed by atoms with van der Waals surface area (Å²) in [6.07, 6.45) is 7.03. The molecule has 2 heterocycles. The van der Waals surface area contributed by atoms with Crippen molar-refractivity contribution in [3.63, 3.8) is 0 Å². The molecule has 2 aliphatic rings. The van der Waals surface area contributed by atoms with Crippen molar-refractivity contribution in [3.05, 3.63) is 0 Å². The zero-order valence-electron chi connectivity index (χ0n) is 13.6. The van der Waals surface area contributed by atoms with Gasteiger partial charge < -0.3 is 4.90 Å². The molecule has 0 aromatic rings. The number of hydrogen-bond acceptors (Lipinski definition) is 2. The summed E-state index contributed by atoms with van der Waals surface area (Å²) in [6, 6.07) is 0.